The fourth-order valence-corrected chi connectivity index (χ4v) is 0.851. The summed E-state index contributed by atoms with van der Waals surface area (Å²) in [6.45, 7) is 5.16. The highest BCUT2D eigenvalue weighted by Crippen LogP contribution is 2.22. The standard InChI is InChI=1S/C8H6F4.2C3H6O2/c1-3-5(9)7(11)4(2)8(12)6(3)10;2*1-2-3(4)5/h1-2H3;2*2H2,1H3,(H,4,5). The Balaban J connectivity index is 0. The summed E-state index contributed by atoms with van der Waals surface area (Å²) in [5.41, 5.74) is -1.26. The molecule has 4 nitrogen and oxygen atoms in total. The molecule has 0 aliphatic carbocycles. The molecule has 22 heavy (non-hydrogen) atoms. The SMILES string of the molecule is CCC(=O)O.CCC(=O)O.Cc1c(F)c(F)c(C)c(F)c1F. The van der Waals surface area contributed by atoms with E-state index in [-0.39, 0.29) is 12.8 Å². The van der Waals surface area contributed by atoms with Crippen molar-refractivity contribution < 1.29 is 37.4 Å². The number of rotatable bonds is 2. The quantitative estimate of drug-likeness (QED) is 0.640. The lowest BCUT2D eigenvalue weighted by Gasteiger charge is -2.04. The van der Waals surface area contributed by atoms with Crippen LogP contribution in [0.2, 0.25) is 0 Å². The Morgan fingerprint density at radius 1 is 0.727 bits per heavy atom. The molecular formula is C14H18F4O4. The molecule has 2 N–H and O–H groups in total. The molecule has 0 unspecified atom stereocenters. The van der Waals surface area contributed by atoms with Crippen LogP contribution >= 0.6 is 0 Å². The van der Waals surface area contributed by atoms with Gasteiger partial charge in [-0.05, 0) is 13.8 Å². The van der Waals surface area contributed by atoms with Gasteiger partial charge < -0.3 is 10.2 Å². The molecule has 0 fully saturated rings. The minimum absolute atomic E-state index is 0.222. The van der Waals surface area contributed by atoms with Gasteiger partial charge in [0.2, 0.25) is 0 Å². The van der Waals surface area contributed by atoms with Gasteiger partial charge in [0, 0.05) is 24.0 Å². The van der Waals surface area contributed by atoms with Gasteiger partial charge in [0.15, 0.2) is 23.3 Å². The first-order chi connectivity index (χ1) is 10.0. The van der Waals surface area contributed by atoms with Crippen LogP contribution in [-0.2, 0) is 9.59 Å². The molecule has 1 rings (SSSR count). The third kappa shape index (κ3) is 7.61. The first-order valence-electron chi connectivity index (χ1n) is 6.23. The Morgan fingerprint density at radius 3 is 0.955 bits per heavy atom. The van der Waals surface area contributed by atoms with Crippen LogP contribution in [0.25, 0.3) is 0 Å². The highest BCUT2D eigenvalue weighted by atomic mass is 19.2. The maximum Gasteiger partial charge on any atom is 0.303 e. The first-order valence-corrected chi connectivity index (χ1v) is 6.23. The molecule has 0 aromatic heterocycles. The summed E-state index contributed by atoms with van der Waals surface area (Å²) in [5, 5.41) is 15.4. The Labute approximate surface area is 125 Å². The number of carboxylic acids is 2. The molecule has 0 heterocycles. The maximum absolute atomic E-state index is 12.7. The van der Waals surface area contributed by atoms with E-state index in [0.29, 0.717) is 0 Å². The second kappa shape index (κ2) is 10.6. The molecular weight excluding hydrogens is 308 g/mol. The molecule has 0 bridgehead atoms. The van der Waals surface area contributed by atoms with Crippen LogP contribution in [-0.4, -0.2) is 22.2 Å². The molecule has 1 aromatic rings. The van der Waals surface area contributed by atoms with Crippen molar-refractivity contribution in [3.8, 4) is 0 Å². The molecule has 0 aliphatic rings. The van der Waals surface area contributed by atoms with Crippen molar-refractivity contribution >= 4 is 11.9 Å². The third-order valence-electron chi connectivity index (χ3n) is 2.31. The fourth-order valence-electron chi connectivity index (χ4n) is 0.851. The summed E-state index contributed by atoms with van der Waals surface area (Å²) in [7, 11) is 0. The number of halogens is 4. The molecule has 8 heteroatoms. The van der Waals surface area contributed by atoms with Crippen molar-refractivity contribution in [2.75, 3.05) is 0 Å². The average molecular weight is 326 g/mol. The van der Waals surface area contributed by atoms with Gasteiger partial charge in [0.1, 0.15) is 0 Å². The summed E-state index contributed by atoms with van der Waals surface area (Å²) < 4.78 is 50.6. The molecule has 0 radical (unpaired) electrons. The minimum atomic E-state index is -1.33. The predicted octanol–water partition coefficient (Wildman–Crippen LogP) is 3.82. The van der Waals surface area contributed by atoms with Gasteiger partial charge >= 0.3 is 11.9 Å². The van der Waals surface area contributed by atoms with Crippen LogP contribution in [0.15, 0.2) is 0 Å². The van der Waals surface area contributed by atoms with Crippen LogP contribution in [0.4, 0.5) is 17.6 Å². The van der Waals surface area contributed by atoms with Gasteiger partial charge in [-0.25, -0.2) is 17.6 Å². The van der Waals surface area contributed by atoms with Crippen LogP contribution in [0, 0.1) is 37.1 Å². The zero-order valence-electron chi connectivity index (χ0n) is 12.6. The van der Waals surface area contributed by atoms with Gasteiger partial charge in [0.25, 0.3) is 0 Å². The van der Waals surface area contributed by atoms with Crippen LogP contribution < -0.4 is 0 Å². The smallest absolute Gasteiger partial charge is 0.303 e. The Kier molecular flexibility index (Phi) is 10.7. The van der Waals surface area contributed by atoms with Crippen molar-refractivity contribution in [2.24, 2.45) is 0 Å². The number of hydrogen-bond donors (Lipinski definition) is 2. The fraction of sp³-hybridized carbons (Fsp3) is 0.429. The zero-order chi connectivity index (χ0) is 18.0. The van der Waals surface area contributed by atoms with Crippen LogP contribution in [0.3, 0.4) is 0 Å². The van der Waals surface area contributed by atoms with Gasteiger partial charge in [-0.3, -0.25) is 9.59 Å². The average Bonchev–Trinajstić information content (AvgIpc) is 2.50. The van der Waals surface area contributed by atoms with E-state index >= 15 is 0 Å². The second-order valence-corrected chi connectivity index (χ2v) is 4.00. The summed E-state index contributed by atoms with van der Waals surface area (Å²) in [5.74, 6) is -6.80. The molecule has 0 atom stereocenters. The number of carbonyl (C=O) groups is 2. The molecule has 0 spiro atoms. The van der Waals surface area contributed by atoms with Crippen molar-refractivity contribution in [3.05, 3.63) is 34.4 Å². The Bertz CT molecular complexity index is 411. The van der Waals surface area contributed by atoms with Crippen molar-refractivity contribution in [2.45, 2.75) is 40.5 Å². The molecule has 0 saturated heterocycles. The van der Waals surface area contributed by atoms with E-state index in [2.05, 4.69) is 0 Å². The summed E-state index contributed by atoms with van der Waals surface area (Å²) >= 11 is 0. The largest absolute Gasteiger partial charge is 0.481 e. The highest BCUT2D eigenvalue weighted by molar-refractivity contribution is 5.66. The van der Waals surface area contributed by atoms with Crippen molar-refractivity contribution in [1.29, 1.82) is 0 Å². The highest BCUT2D eigenvalue weighted by Gasteiger charge is 2.19. The van der Waals surface area contributed by atoms with Crippen LogP contribution in [0.5, 0.6) is 0 Å². The van der Waals surface area contributed by atoms with Gasteiger partial charge in [-0.2, -0.15) is 0 Å². The summed E-state index contributed by atoms with van der Waals surface area (Å²) in [6.07, 6.45) is 0.444. The second-order valence-electron chi connectivity index (χ2n) is 4.00. The third-order valence-corrected chi connectivity index (χ3v) is 2.31. The monoisotopic (exact) mass is 326 g/mol. The van der Waals surface area contributed by atoms with E-state index in [9.17, 15) is 27.2 Å². The molecule has 1 aromatic carbocycles. The lowest BCUT2D eigenvalue weighted by atomic mass is 10.1. The number of benzene rings is 1. The topological polar surface area (TPSA) is 74.6 Å². The predicted molar refractivity (Wildman–Crippen MR) is 71.6 cm³/mol. The van der Waals surface area contributed by atoms with E-state index in [0.717, 1.165) is 13.8 Å². The number of carboxylic acid groups (broad SMARTS) is 2. The first kappa shape index (κ1) is 22.2. The molecule has 0 aliphatic heterocycles. The van der Waals surface area contributed by atoms with Gasteiger partial charge in [-0.1, -0.05) is 13.8 Å². The minimum Gasteiger partial charge on any atom is -0.481 e. The lowest BCUT2D eigenvalue weighted by Crippen LogP contribution is -2.02. The van der Waals surface area contributed by atoms with Crippen molar-refractivity contribution in [3.63, 3.8) is 0 Å². The molecule has 126 valence electrons. The number of aliphatic carboxylic acids is 2. The zero-order valence-corrected chi connectivity index (χ0v) is 12.6. The van der Waals surface area contributed by atoms with Crippen molar-refractivity contribution in [1.82, 2.24) is 0 Å². The van der Waals surface area contributed by atoms with E-state index < -0.39 is 46.3 Å². The normalized spacial score (nSPS) is 9.09. The maximum atomic E-state index is 12.7. The number of hydrogen-bond acceptors (Lipinski definition) is 2. The Morgan fingerprint density at radius 2 is 0.864 bits per heavy atom. The lowest BCUT2D eigenvalue weighted by molar-refractivity contribution is -0.137. The molecule has 0 amide bonds. The van der Waals surface area contributed by atoms with E-state index in [1.54, 1.807) is 13.8 Å². The van der Waals surface area contributed by atoms with E-state index in [1.165, 1.54) is 0 Å². The van der Waals surface area contributed by atoms with E-state index in [4.69, 9.17) is 10.2 Å². The molecule has 0 saturated carbocycles. The van der Waals surface area contributed by atoms with Gasteiger partial charge in [-0.15, -0.1) is 0 Å². The summed E-state index contributed by atoms with van der Waals surface area (Å²) in [4.78, 5) is 18.7. The Hall–Kier alpha value is -2.12. The van der Waals surface area contributed by atoms with E-state index in [1.807, 2.05) is 0 Å². The van der Waals surface area contributed by atoms with Crippen LogP contribution in [0.1, 0.15) is 37.8 Å². The van der Waals surface area contributed by atoms with Gasteiger partial charge in [0.05, 0.1) is 0 Å². The summed E-state index contributed by atoms with van der Waals surface area (Å²) in [6, 6.07) is 0.